The molecule has 1 aromatic heterocycles. The highest BCUT2D eigenvalue weighted by Gasteiger charge is 2.21. The first-order valence-corrected chi connectivity index (χ1v) is 8.75. The molecule has 0 amide bonds. The Morgan fingerprint density at radius 2 is 2.24 bits per heavy atom. The van der Waals surface area contributed by atoms with Crippen LogP contribution < -0.4 is 0 Å². The molecule has 1 aliphatic rings. The fourth-order valence-corrected chi connectivity index (χ4v) is 4.33. The molecule has 1 heterocycles. The minimum Gasteiger partial charge on any atom is -0.396 e. The molecule has 0 unspecified atom stereocenters. The van der Waals surface area contributed by atoms with E-state index in [0.717, 1.165) is 28.9 Å². The molecule has 2 aromatic rings. The molecule has 3 rings (SSSR count). The predicted molar refractivity (Wildman–Crippen MR) is 88.4 cm³/mol. The van der Waals surface area contributed by atoms with Crippen LogP contribution in [0.2, 0.25) is 0 Å². The Bertz CT molecular complexity index is 617. The third kappa shape index (κ3) is 3.55. The van der Waals surface area contributed by atoms with E-state index in [0.29, 0.717) is 17.8 Å². The SMILES string of the molecule is Cc1cccc2cnc(CS[C@H]3CCC[C@H](CO)C3)nc12. The van der Waals surface area contributed by atoms with Gasteiger partial charge in [0.2, 0.25) is 0 Å². The van der Waals surface area contributed by atoms with Crippen molar-refractivity contribution in [2.75, 3.05) is 6.61 Å². The van der Waals surface area contributed by atoms with Gasteiger partial charge in [0.25, 0.3) is 0 Å². The van der Waals surface area contributed by atoms with Crippen LogP contribution in [-0.2, 0) is 5.75 Å². The molecule has 0 spiro atoms. The Morgan fingerprint density at radius 1 is 1.33 bits per heavy atom. The van der Waals surface area contributed by atoms with E-state index in [1.165, 1.54) is 24.8 Å². The average Bonchev–Trinajstić information content (AvgIpc) is 2.54. The number of aryl methyl sites for hydroxylation is 1. The fraction of sp³-hybridized carbons (Fsp3) is 0.529. The third-order valence-electron chi connectivity index (χ3n) is 4.30. The van der Waals surface area contributed by atoms with E-state index in [2.05, 4.69) is 24.0 Å². The number of fused-ring (bicyclic) bond motifs is 1. The van der Waals surface area contributed by atoms with E-state index in [4.69, 9.17) is 4.98 Å². The highest BCUT2D eigenvalue weighted by molar-refractivity contribution is 7.99. The van der Waals surface area contributed by atoms with Gasteiger partial charge in [-0.15, -0.1) is 0 Å². The monoisotopic (exact) mass is 302 g/mol. The van der Waals surface area contributed by atoms with Gasteiger partial charge in [0.1, 0.15) is 5.82 Å². The van der Waals surface area contributed by atoms with Crippen molar-refractivity contribution in [1.29, 1.82) is 0 Å². The second-order valence-electron chi connectivity index (χ2n) is 5.95. The number of aliphatic hydroxyl groups is 1. The smallest absolute Gasteiger partial charge is 0.138 e. The summed E-state index contributed by atoms with van der Waals surface area (Å²) in [6.45, 7) is 2.43. The standard InChI is InChI=1S/C17H22N2OS/c1-12-4-2-6-14-9-18-16(19-17(12)14)11-21-15-7-3-5-13(8-15)10-20/h2,4,6,9,13,15,20H,3,5,7-8,10-11H2,1H3/t13-,15-/m0/s1. The Morgan fingerprint density at radius 3 is 3.10 bits per heavy atom. The van der Waals surface area contributed by atoms with Crippen LogP contribution in [0.25, 0.3) is 10.9 Å². The van der Waals surface area contributed by atoms with Gasteiger partial charge in [-0.2, -0.15) is 11.8 Å². The number of hydrogen-bond donors (Lipinski definition) is 1. The number of nitrogens with zero attached hydrogens (tertiary/aromatic N) is 2. The zero-order chi connectivity index (χ0) is 14.7. The summed E-state index contributed by atoms with van der Waals surface area (Å²) in [6.07, 6.45) is 6.74. The normalized spacial score (nSPS) is 22.6. The molecule has 1 aliphatic carbocycles. The molecule has 21 heavy (non-hydrogen) atoms. The molecule has 1 fully saturated rings. The van der Waals surface area contributed by atoms with Crippen LogP contribution in [0.1, 0.15) is 37.1 Å². The molecule has 1 saturated carbocycles. The zero-order valence-corrected chi connectivity index (χ0v) is 13.3. The maximum atomic E-state index is 9.31. The van der Waals surface area contributed by atoms with E-state index in [9.17, 15) is 5.11 Å². The predicted octanol–water partition coefficient (Wildman–Crippen LogP) is 3.72. The topological polar surface area (TPSA) is 46.0 Å². The van der Waals surface area contributed by atoms with Gasteiger partial charge in [-0.1, -0.05) is 24.6 Å². The van der Waals surface area contributed by atoms with Crippen molar-refractivity contribution >= 4 is 22.7 Å². The van der Waals surface area contributed by atoms with Crippen molar-refractivity contribution in [3.8, 4) is 0 Å². The number of thioether (sulfide) groups is 1. The summed E-state index contributed by atoms with van der Waals surface area (Å²) in [4.78, 5) is 9.21. The van der Waals surface area contributed by atoms with E-state index in [1.54, 1.807) is 0 Å². The Balaban J connectivity index is 1.66. The van der Waals surface area contributed by atoms with Gasteiger partial charge in [-0.05, 0) is 37.7 Å². The van der Waals surface area contributed by atoms with Crippen LogP contribution in [0.15, 0.2) is 24.4 Å². The van der Waals surface area contributed by atoms with Crippen molar-refractivity contribution in [2.24, 2.45) is 5.92 Å². The van der Waals surface area contributed by atoms with Crippen molar-refractivity contribution in [2.45, 2.75) is 43.6 Å². The summed E-state index contributed by atoms with van der Waals surface area (Å²) in [5.74, 6) is 2.29. The van der Waals surface area contributed by atoms with Crippen LogP contribution in [0, 0.1) is 12.8 Å². The second-order valence-corrected chi connectivity index (χ2v) is 7.24. The highest BCUT2D eigenvalue weighted by Crippen LogP contribution is 2.33. The van der Waals surface area contributed by atoms with Gasteiger partial charge in [0, 0.05) is 23.4 Å². The quantitative estimate of drug-likeness (QED) is 0.935. The molecule has 2 atom stereocenters. The summed E-state index contributed by atoms with van der Waals surface area (Å²) in [7, 11) is 0. The molecule has 1 aromatic carbocycles. The van der Waals surface area contributed by atoms with Crippen LogP contribution in [0.3, 0.4) is 0 Å². The number of hydrogen-bond acceptors (Lipinski definition) is 4. The van der Waals surface area contributed by atoms with Crippen LogP contribution in [0.4, 0.5) is 0 Å². The van der Waals surface area contributed by atoms with Gasteiger partial charge < -0.3 is 5.11 Å². The van der Waals surface area contributed by atoms with E-state index >= 15 is 0 Å². The molecule has 112 valence electrons. The summed E-state index contributed by atoms with van der Waals surface area (Å²) in [5.41, 5.74) is 2.28. The van der Waals surface area contributed by atoms with Crippen LogP contribution >= 0.6 is 11.8 Å². The molecule has 3 nitrogen and oxygen atoms in total. The largest absolute Gasteiger partial charge is 0.396 e. The van der Waals surface area contributed by atoms with Gasteiger partial charge in [0.15, 0.2) is 0 Å². The van der Waals surface area contributed by atoms with E-state index in [-0.39, 0.29) is 0 Å². The van der Waals surface area contributed by atoms with Crippen molar-refractivity contribution in [3.05, 3.63) is 35.8 Å². The minimum absolute atomic E-state index is 0.336. The van der Waals surface area contributed by atoms with Gasteiger partial charge in [-0.3, -0.25) is 0 Å². The van der Waals surface area contributed by atoms with Gasteiger partial charge in [0.05, 0.1) is 11.3 Å². The molecule has 0 radical (unpaired) electrons. The molecular weight excluding hydrogens is 280 g/mol. The molecule has 4 heteroatoms. The second kappa shape index (κ2) is 6.75. The number of para-hydroxylation sites is 1. The Hall–Kier alpha value is -1.13. The first-order valence-electron chi connectivity index (χ1n) is 7.70. The summed E-state index contributed by atoms with van der Waals surface area (Å²) < 4.78 is 0. The van der Waals surface area contributed by atoms with Crippen LogP contribution in [-0.4, -0.2) is 26.9 Å². The molecule has 0 bridgehead atoms. The third-order valence-corrected chi connectivity index (χ3v) is 5.63. The summed E-state index contributed by atoms with van der Waals surface area (Å²) in [5, 5.41) is 11.1. The fourth-order valence-electron chi connectivity index (χ4n) is 3.06. The summed E-state index contributed by atoms with van der Waals surface area (Å²) >= 11 is 1.95. The van der Waals surface area contributed by atoms with Crippen molar-refractivity contribution < 1.29 is 5.11 Å². The molecule has 0 saturated heterocycles. The number of benzene rings is 1. The maximum absolute atomic E-state index is 9.31. The lowest BCUT2D eigenvalue weighted by Crippen LogP contribution is -2.20. The van der Waals surface area contributed by atoms with Gasteiger partial charge >= 0.3 is 0 Å². The maximum Gasteiger partial charge on any atom is 0.138 e. The lowest BCUT2D eigenvalue weighted by molar-refractivity contribution is 0.192. The lowest BCUT2D eigenvalue weighted by atomic mass is 9.90. The van der Waals surface area contributed by atoms with E-state index in [1.807, 2.05) is 24.0 Å². The Labute approximate surface area is 130 Å². The van der Waals surface area contributed by atoms with Crippen LogP contribution in [0.5, 0.6) is 0 Å². The lowest BCUT2D eigenvalue weighted by Gasteiger charge is -2.27. The average molecular weight is 302 g/mol. The summed E-state index contributed by atoms with van der Waals surface area (Å²) in [6, 6.07) is 6.21. The zero-order valence-electron chi connectivity index (χ0n) is 12.5. The number of rotatable bonds is 4. The molecule has 0 aliphatic heterocycles. The molecule has 1 N–H and O–H groups in total. The van der Waals surface area contributed by atoms with Gasteiger partial charge in [-0.25, -0.2) is 9.97 Å². The van der Waals surface area contributed by atoms with Crippen molar-refractivity contribution in [3.63, 3.8) is 0 Å². The number of aliphatic hydroxyl groups excluding tert-OH is 1. The number of aromatic nitrogens is 2. The van der Waals surface area contributed by atoms with E-state index < -0.39 is 0 Å². The first-order chi connectivity index (χ1) is 10.3. The van der Waals surface area contributed by atoms with Crippen molar-refractivity contribution in [1.82, 2.24) is 9.97 Å². The Kier molecular flexibility index (Phi) is 4.76. The molecular formula is C17H22N2OS. The minimum atomic E-state index is 0.336. The highest BCUT2D eigenvalue weighted by atomic mass is 32.2. The first kappa shape index (κ1) is 14.8.